The molecule has 21 heavy (non-hydrogen) atoms. The molecule has 0 rings (SSSR count). The first-order chi connectivity index (χ1) is 9.97. The lowest BCUT2D eigenvalue weighted by Gasteiger charge is -2.14. The van der Waals surface area contributed by atoms with Crippen LogP contribution in [0.2, 0.25) is 0 Å². The zero-order chi connectivity index (χ0) is 16.1. The van der Waals surface area contributed by atoms with Gasteiger partial charge in [-0.25, -0.2) is 9.59 Å². The lowest BCUT2D eigenvalue weighted by molar-refractivity contribution is -0.139. The predicted octanol–water partition coefficient (Wildman–Crippen LogP) is 3.10. The Hall–Kier alpha value is -0.910. The van der Waals surface area contributed by atoms with Crippen molar-refractivity contribution in [3.8, 4) is 0 Å². The highest BCUT2D eigenvalue weighted by Gasteiger charge is 2.18. The summed E-state index contributed by atoms with van der Waals surface area (Å²) in [5.74, 6) is 0.489. The van der Waals surface area contributed by atoms with E-state index in [2.05, 4.69) is 24.5 Å². The molecule has 124 valence electrons. The molecular weight excluding hydrogens is 288 g/mol. The third-order valence-corrected chi connectivity index (χ3v) is 3.85. The Balaban J connectivity index is 3.66. The quantitative estimate of drug-likeness (QED) is 0.483. The van der Waals surface area contributed by atoms with Gasteiger partial charge in [-0.1, -0.05) is 39.5 Å². The number of aliphatic carboxylic acids is 1. The fourth-order valence-corrected chi connectivity index (χ4v) is 2.41. The Bertz CT molecular complexity index is 299. The van der Waals surface area contributed by atoms with Gasteiger partial charge in [0.25, 0.3) is 0 Å². The first-order valence-electron chi connectivity index (χ1n) is 7.73. The Morgan fingerprint density at radius 3 is 2.33 bits per heavy atom. The average molecular weight is 318 g/mol. The predicted molar refractivity (Wildman–Crippen MR) is 88.9 cm³/mol. The van der Waals surface area contributed by atoms with E-state index in [0.717, 1.165) is 18.8 Å². The molecule has 0 aromatic heterocycles. The normalized spacial score (nSPS) is 12.2. The summed E-state index contributed by atoms with van der Waals surface area (Å²) >= 11 is 1.57. The maximum Gasteiger partial charge on any atom is 0.326 e. The van der Waals surface area contributed by atoms with Gasteiger partial charge in [-0.05, 0) is 30.8 Å². The van der Waals surface area contributed by atoms with Crippen molar-refractivity contribution in [2.45, 2.75) is 58.4 Å². The first-order valence-corrected chi connectivity index (χ1v) is 9.12. The van der Waals surface area contributed by atoms with Crippen molar-refractivity contribution in [1.29, 1.82) is 0 Å². The monoisotopic (exact) mass is 318 g/mol. The van der Waals surface area contributed by atoms with Crippen molar-refractivity contribution < 1.29 is 14.7 Å². The minimum atomic E-state index is -0.979. The van der Waals surface area contributed by atoms with E-state index in [1.807, 2.05) is 6.26 Å². The maximum absolute atomic E-state index is 11.6. The van der Waals surface area contributed by atoms with Gasteiger partial charge in [0.15, 0.2) is 0 Å². The second kappa shape index (κ2) is 12.8. The number of carbonyl (C=O) groups is 2. The summed E-state index contributed by atoms with van der Waals surface area (Å²) in [4.78, 5) is 22.6. The number of carboxylic acids is 1. The van der Waals surface area contributed by atoms with Crippen LogP contribution >= 0.6 is 11.8 Å². The van der Waals surface area contributed by atoms with Gasteiger partial charge in [0.05, 0.1) is 0 Å². The number of hydrogen-bond acceptors (Lipinski definition) is 3. The zero-order valence-corrected chi connectivity index (χ0v) is 14.3. The molecule has 0 radical (unpaired) electrons. The fraction of sp³-hybridized carbons (Fsp3) is 0.867. The van der Waals surface area contributed by atoms with E-state index in [-0.39, 0.29) is 6.03 Å². The molecule has 0 fully saturated rings. The molecule has 6 heteroatoms. The van der Waals surface area contributed by atoms with Crippen molar-refractivity contribution in [2.75, 3.05) is 18.6 Å². The Morgan fingerprint density at radius 1 is 1.10 bits per heavy atom. The van der Waals surface area contributed by atoms with Gasteiger partial charge >= 0.3 is 12.0 Å². The van der Waals surface area contributed by atoms with Crippen LogP contribution in [0.15, 0.2) is 0 Å². The topological polar surface area (TPSA) is 78.4 Å². The summed E-state index contributed by atoms with van der Waals surface area (Å²) < 4.78 is 0. The summed E-state index contributed by atoms with van der Waals surface area (Å²) in [7, 11) is 0. The van der Waals surface area contributed by atoms with Gasteiger partial charge in [0.2, 0.25) is 0 Å². The zero-order valence-electron chi connectivity index (χ0n) is 13.5. The molecule has 1 unspecified atom stereocenters. The largest absolute Gasteiger partial charge is 0.480 e. The number of nitrogens with one attached hydrogen (secondary N) is 2. The number of carboxylic acid groups (broad SMARTS) is 1. The van der Waals surface area contributed by atoms with Crippen LogP contribution in [0.1, 0.15) is 52.4 Å². The van der Waals surface area contributed by atoms with Gasteiger partial charge in [-0.2, -0.15) is 11.8 Å². The third kappa shape index (κ3) is 12.5. The van der Waals surface area contributed by atoms with E-state index >= 15 is 0 Å². The van der Waals surface area contributed by atoms with E-state index in [1.165, 1.54) is 19.3 Å². The number of unbranched alkanes of at least 4 members (excludes halogenated alkanes) is 3. The van der Waals surface area contributed by atoms with Gasteiger partial charge in [0, 0.05) is 6.54 Å². The first kappa shape index (κ1) is 20.1. The molecule has 1 atom stereocenters. The van der Waals surface area contributed by atoms with Crippen molar-refractivity contribution in [1.82, 2.24) is 10.6 Å². The number of amides is 2. The van der Waals surface area contributed by atoms with Crippen LogP contribution < -0.4 is 10.6 Å². The molecule has 0 aliphatic carbocycles. The summed E-state index contributed by atoms with van der Waals surface area (Å²) in [6.45, 7) is 5.05. The lowest BCUT2D eigenvalue weighted by Crippen LogP contribution is -2.46. The minimum absolute atomic E-state index is 0.384. The SMILES string of the molecule is CSCCC(NC(=O)NCCCCCCC(C)C)C(=O)O. The minimum Gasteiger partial charge on any atom is -0.480 e. The van der Waals surface area contributed by atoms with Crippen LogP contribution in [0.3, 0.4) is 0 Å². The van der Waals surface area contributed by atoms with Crippen LogP contribution in [-0.4, -0.2) is 41.7 Å². The summed E-state index contributed by atoms with van der Waals surface area (Å²) in [6.07, 6.45) is 8.07. The Labute approximate surface area is 132 Å². The van der Waals surface area contributed by atoms with Crippen LogP contribution in [0, 0.1) is 5.92 Å². The highest BCUT2D eigenvalue weighted by atomic mass is 32.2. The molecule has 0 spiro atoms. The van der Waals surface area contributed by atoms with Gasteiger partial charge in [-0.15, -0.1) is 0 Å². The molecule has 0 heterocycles. The summed E-state index contributed by atoms with van der Waals surface area (Å²) in [6, 6.07) is -1.19. The van der Waals surface area contributed by atoms with E-state index < -0.39 is 12.0 Å². The van der Waals surface area contributed by atoms with Crippen molar-refractivity contribution in [3.05, 3.63) is 0 Å². The molecule has 0 aromatic carbocycles. The number of thioether (sulfide) groups is 1. The Kier molecular flexibility index (Phi) is 12.2. The third-order valence-electron chi connectivity index (χ3n) is 3.21. The van der Waals surface area contributed by atoms with E-state index in [9.17, 15) is 9.59 Å². The van der Waals surface area contributed by atoms with E-state index in [4.69, 9.17) is 5.11 Å². The molecular formula is C15H30N2O3S. The smallest absolute Gasteiger partial charge is 0.326 e. The van der Waals surface area contributed by atoms with Crippen LogP contribution in [0.25, 0.3) is 0 Å². The molecule has 0 aromatic rings. The lowest BCUT2D eigenvalue weighted by atomic mass is 10.0. The number of rotatable bonds is 12. The molecule has 0 bridgehead atoms. The van der Waals surface area contributed by atoms with E-state index in [0.29, 0.717) is 18.7 Å². The molecule has 0 aliphatic heterocycles. The molecule has 0 saturated carbocycles. The van der Waals surface area contributed by atoms with Crippen LogP contribution in [0.4, 0.5) is 4.79 Å². The highest BCUT2D eigenvalue weighted by molar-refractivity contribution is 7.98. The van der Waals surface area contributed by atoms with Gasteiger partial charge < -0.3 is 15.7 Å². The summed E-state index contributed by atoms with van der Waals surface area (Å²) in [5.41, 5.74) is 0. The van der Waals surface area contributed by atoms with E-state index in [1.54, 1.807) is 11.8 Å². The second-order valence-electron chi connectivity index (χ2n) is 5.67. The Morgan fingerprint density at radius 2 is 1.76 bits per heavy atom. The molecule has 3 N–H and O–H groups in total. The van der Waals surface area contributed by atoms with Crippen molar-refractivity contribution in [2.24, 2.45) is 5.92 Å². The van der Waals surface area contributed by atoms with Crippen molar-refractivity contribution in [3.63, 3.8) is 0 Å². The molecule has 2 amide bonds. The van der Waals surface area contributed by atoms with Gasteiger partial charge in [-0.3, -0.25) is 0 Å². The molecule has 5 nitrogen and oxygen atoms in total. The van der Waals surface area contributed by atoms with Crippen molar-refractivity contribution >= 4 is 23.8 Å². The number of urea groups is 1. The van der Waals surface area contributed by atoms with Gasteiger partial charge in [0.1, 0.15) is 6.04 Å². The van der Waals surface area contributed by atoms with Crippen LogP contribution in [-0.2, 0) is 4.79 Å². The number of hydrogen-bond donors (Lipinski definition) is 3. The maximum atomic E-state index is 11.6. The molecule has 0 aliphatic rings. The fourth-order valence-electron chi connectivity index (χ4n) is 1.94. The number of carbonyl (C=O) groups excluding carboxylic acids is 1. The summed E-state index contributed by atoms with van der Waals surface area (Å²) in [5, 5.41) is 14.2. The standard InChI is InChI=1S/C15H30N2O3S/c1-12(2)8-6-4-5-7-10-16-15(20)17-13(14(18)19)9-11-21-3/h12-13H,4-11H2,1-3H3,(H,18,19)(H2,16,17,20). The second-order valence-corrected chi connectivity index (χ2v) is 6.65. The average Bonchev–Trinajstić information content (AvgIpc) is 2.41. The highest BCUT2D eigenvalue weighted by Crippen LogP contribution is 2.08. The van der Waals surface area contributed by atoms with Crippen LogP contribution in [0.5, 0.6) is 0 Å². The molecule has 0 saturated heterocycles.